The van der Waals surface area contributed by atoms with E-state index >= 15 is 0 Å². The molecule has 3 aliphatic heterocycles. The number of piperidine rings is 1. The lowest BCUT2D eigenvalue weighted by Gasteiger charge is -2.29. The Hall–Kier alpha value is -3.20. The lowest BCUT2D eigenvalue weighted by atomic mass is 10.0. The van der Waals surface area contributed by atoms with Gasteiger partial charge in [-0.25, -0.2) is 4.98 Å². The first-order chi connectivity index (χ1) is 14.1. The van der Waals surface area contributed by atoms with E-state index in [2.05, 4.69) is 25.5 Å². The van der Waals surface area contributed by atoms with Crippen molar-refractivity contribution in [3.63, 3.8) is 0 Å². The van der Waals surface area contributed by atoms with Crippen LogP contribution in [0.4, 0.5) is 5.95 Å². The van der Waals surface area contributed by atoms with E-state index in [1.54, 1.807) is 11.1 Å². The summed E-state index contributed by atoms with van der Waals surface area (Å²) in [7, 11) is 0. The normalized spacial score (nSPS) is 21.7. The van der Waals surface area contributed by atoms with Gasteiger partial charge in [0.1, 0.15) is 6.04 Å². The molecule has 150 valence electrons. The highest BCUT2D eigenvalue weighted by molar-refractivity contribution is 6.05. The predicted octanol–water partition coefficient (Wildman–Crippen LogP) is 0.401. The van der Waals surface area contributed by atoms with Gasteiger partial charge in [-0.05, 0) is 23.6 Å². The zero-order chi connectivity index (χ0) is 20.0. The molecule has 0 bridgehead atoms. The molecule has 0 saturated carbocycles. The maximum Gasteiger partial charge on any atom is 0.255 e. The van der Waals surface area contributed by atoms with E-state index in [0.717, 1.165) is 30.2 Å². The molecule has 29 heavy (non-hydrogen) atoms. The van der Waals surface area contributed by atoms with E-state index in [1.165, 1.54) is 0 Å². The molecule has 0 aliphatic carbocycles. The molecule has 0 spiro atoms. The number of nitrogens with zero attached hydrogens (tertiary/aromatic N) is 3. The molecular formula is C20H22N6O3. The fraction of sp³-hybridized carbons (Fsp3) is 0.400. The number of anilines is 1. The van der Waals surface area contributed by atoms with Gasteiger partial charge < -0.3 is 20.1 Å². The van der Waals surface area contributed by atoms with Crippen molar-refractivity contribution in [2.75, 3.05) is 18.4 Å². The number of rotatable bonds is 5. The summed E-state index contributed by atoms with van der Waals surface area (Å²) in [6.45, 7) is 2.87. The zero-order valence-corrected chi connectivity index (χ0v) is 15.9. The Balaban J connectivity index is 1.28. The van der Waals surface area contributed by atoms with Crippen molar-refractivity contribution < 1.29 is 14.4 Å². The molecule has 3 N–H and O–H groups in total. The van der Waals surface area contributed by atoms with Crippen LogP contribution in [0.2, 0.25) is 0 Å². The monoisotopic (exact) mass is 394 g/mol. The zero-order valence-electron chi connectivity index (χ0n) is 15.9. The van der Waals surface area contributed by atoms with E-state index in [1.807, 2.05) is 24.4 Å². The smallest absolute Gasteiger partial charge is 0.255 e. The summed E-state index contributed by atoms with van der Waals surface area (Å²) in [6, 6.07) is 5.60. The standard InChI is InChI=1S/C20H22N6O3/c27-17-4-3-16(18(28)24-17)26-11-13-7-12(1-2-15(13)19(26)29)8-23-20-22-5-6-25(20)14-9-21-10-14/h1-2,5-7,14,16,21H,3-4,8-11H2,(H,22,23)(H,24,27,28). The topological polar surface area (TPSA) is 108 Å². The number of nitrogens with one attached hydrogen (secondary N) is 3. The number of benzene rings is 1. The van der Waals surface area contributed by atoms with Crippen LogP contribution in [-0.4, -0.2) is 51.3 Å². The highest BCUT2D eigenvalue weighted by Crippen LogP contribution is 2.28. The number of hydrogen-bond acceptors (Lipinski definition) is 6. The Morgan fingerprint density at radius 3 is 2.83 bits per heavy atom. The minimum absolute atomic E-state index is 0.151. The number of carbonyl (C=O) groups is 3. The number of amides is 3. The molecule has 3 aliphatic rings. The molecule has 2 saturated heterocycles. The van der Waals surface area contributed by atoms with E-state index in [-0.39, 0.29) is 24.1 Å². The number of hydrogen-bond donors (Lipinski definition) is 3. The summed E-state index contributed by atoms with van der Waals surface area (Å²) >= 11 is 0. The van der Waals surface area contributed by atoms with Crippen molar-refractivity contribution in [2.45, 2.75) is 38.0 Å². The third-order valence-corrected chi connectivity index (χ3v) is 5.86. The third-order valence-electron chi connectivity index (χ3n) is 5.86. The number of imide groups is 1. The molecular weight excluding hydrogens is 372 g/mol. The molecule has 9 heteroatoms. The molecule has 5 rings (SSSR count). The van der Waals surface area contributed by atoms with E-state index in [9.17, 15) is 14.4 Å². The maximum atomic E-state index is 12.8. The van der Waals surface area contributed by atoms with Crippen LogP contribution in [0.3, 0.4) is 0 Å². The van der Waals surface area contributed by atoms with Crippen LogP contribution >= 0.6 is 0 Å². The van der Waals surface area contributed by atoms with Gasteiger partial charge in [0.05, 0.1) is 6.04 Å². The van der Waals surface area contributed by atoms with Crippen molar-refractivity contribution in [1.29, 1.82) is 0 Å². The molecule has 9 nitrogen and oxygen atoms in total. The summed E-state index contributed by atoms with van der Waals surface area (Å²) in [5, 5.41) is 8.96. The molecule has 1 atom stereocenters. The van der Waals surface area contributed by atoms with E-state index in [0.29, 0.717) is 31.1 Å². The van der Waals surface area contributed by atoms with Gasteiger partial charge in [-0.1, -0.05) is 12.1 Å². The van der Waals surface area contributed by atoms with Gasteiger partial charge in [-0.3, -0.25) is 19.7 Å². The van der Waals surface area contributed by atoms with Gasteiger partial charge in [-0.15, -0.1) is 0 Å². The third kappa shape index (κ3) is 3.17. The lowest BCUT2D eigenvalue weighted by Crippen LogP contribution is -2.52. The first-order valence-corrected chi connectivity index (χ1v) is 9.84. The molecule has 3 amide bonds. The molecule has 1 aromatic carbocycles. The van der Waals surface area contributed by atoms with Crippen molar-refractivity contribution in [3.8, 4) is 0 Å². The molecule has 2 aromatic rings. The molecule has 4 heterocycles. The number of aromatic nitrogens is 2. The van der Waals surface area contributed by atoms with Crippen LogP contribution in [0.15, 0.2) is 30.6 Å². The summed E-state index contributed by atoms with van der Waals surface area (Å²) < 4.78 is 2.14. The van der Waals surface area contributed by atoms with E-state index < -0.39 is 6.04 Å². The van der Waals surface area contributed by atoms with E-state index in [4.69, 9.17) is 0 Å². The van der Waals surface area contributed by atoms with Gasteiger partial charge in [0.2, 0.25) is 17.8 Å². The average Bonchev–Trinajstić information content (AvgIpc) is 3.23. The second-order valence-electron chi connectivity index (χ2n) is 7.72. The van der Waals surface area contributed by atoms with Gasteiger partial charge >= 0.3 is 0 Å². The van der Waals surface area contributed by atoms with Crippen molar-refractivity contribution in [3.05, 3.63) is 47.3 Å². The van der Waals surface area contributed by atoms with Crippen LogP contribution in [0.5, 0.6) is 0 Å². The Bertz CT molecular complexity index is 996. The minimum Gasteiger partial charge on any atom is -0.352 e. The molecule has 1 aromatic heterocycles. The predicted molar refractivity (Wildman–Crippen MR) is 104 cm³/mol. The largest absolute Gasteiger partial charge is 0.352 e. The van der Waals surface area contributed by atoms with Gasteiger partial charge in [0.15, 0.2) is 0 Å². The number of imidazole rings is 1. The molecule has 1 unspecified atom stereocenters. The van der Waals surface area contributed by atoms with Gasteiger partial charge in [0.25, 0.3) is 5.91 Å². The fourth-order valence-electron chi connectivity index (χ4n) is 4.13. The summed E-state index contributed by atoms with van der Waals surface area (Å²) in [5.41, 5.74) is 2.58. The number of fused-ring (bicyclic) bond motifs is 1. The first kappa shape index (κ1) is 17.9. The van der Waals surface area contributed by atoms with Crippen molar-refractivity contribution in [1.82, 2.24) is 25.1 Å². The number of carbonyl (C=O) groups excluding carboxylic acids is 3. The summed E-state index contributed by atoms with van der Waals surface area (Å²) in [4.78, 5) is 42.3. The van der Waals surface area contributed by atoms with Crippen molar-refractivity contribution >= 4 is 23.7 Å². The van der Waals surface area contributed by atoms with Gasteiger partial charge in [0, 0.05) is 50.6 Å². The fourth-order valence-corrected chi connectivity index (χ4v) is 4.13. The minimum atomic E-state index is -0.585. The summed E-state index contributed by atoms with van der Waals surface area (Å²) in [6.07, 6.45) is 4.40. The van der Waals surface area contributed by atoms with Crippen LogP contribution < -0.4 is 16.0 Å². The second-order valence-corrected chi connectivity index (χ2v) is 7.72. The second kappa shape index (κ2) is 7.00. The van der Waals surface area contributed by atoms with Gasteiger partial charge in [-0.2, -0.15) is 0 Å². The van der Waals surface area contributed by atoms with Crippen molar-refractivity contribution in [2.24, 2.45) is 0 Å². The SMILES string of the molecule is O=C1CCC(N2Cc3cc(CNc4nccn4C4CNC4)ccc3C2=O)C(=O)N1. The average molecular weight is 394 g/mol. The van der Waals surface area contributed by atoms with Crippen LogP contribution in [0, 0.1) is 0 Å². The lowest BCUT2D eigenvalue weighted by molar-refractivity contribution is -0.136. The van der Waals surface area contributed by atoms with Crippen LogP contribution in [0.1, 0.15) is 40.4 Å². The van der Waals surface area contributed by atoms with Crippen LogP contribution in [0.25, 0.3) is 0 Å². The maximum absolute atomic E-state index is 12.8. The quantitative estimate of drug-likeness (QED) is 0.634. The first-order valence-electron chi connectivity index (χ1n) is 9.84. The molecule has 0 radical (unpaired) electrons. The Kier molecular flexibility index (Phi) is 4.31. The Morgan fingerprint density at radius 1 is 1.21 bits per heavy atom. The van der Waals surface area contributed by atoms with Crippen LogP contribution in [-0.2, 0) is 22.7 Å². The Labute approximate surface area is 167 Å². The summed E-state index contributed by atoms with van der Waals surface area (Å²) in [5.74, 6) is 0.0155. The molecule has 2 fully saturated rings. The Morgan fingerprint density at radius 2 is 2.07 bits per heavy atom. The highest BCUT2D eigenvalue weighted by Gasteiger charge is 2.39. The highest BCUT2D eigenvalue weighted by atomic mass is 16.2.